The van der Waals surface area contributed by atoms with Gasteiger partial charge < -0.3 is 40.3 Å². The number of ketones is 2. The van der Waals surface area contributed by atoms with Crippen LogP contribution >= 0.6 is 21.6 Å². The summed E-state index contributed by atoms with van der Waals surface area (Å²) < 4.78 is 12.9. The van der Waals surface area contributed by atoms with E-state index < -0.39 is 76.9 Å². The fourth-order valence-corrected chi connectivity index (χ4v) is 13.8. The molecule has 5 aliphatic carbocycles. The molecule has 7 bridgehead atoms. The summed E-state index contributed by atoms with van der Waals surface area (Å²) in [5, 5.41) is 65.2. The molecule has 6 fully saturated rings. The van der Waals surface area contributed by atoms with Crippen molar-refractivity contribution in [3.8, 4) is 0 Å². The molecule has 0 amide bonds. The van der Waals surface area contributed by atoms with Gasteiger partial charge in [0.15, 0.2) is 12.1 Å². The number of ether oxygens (including phenoxy) is 2. The number of carbonyl (C=O) groups is 2. The van der Waals surface area contributed by atoms with Gasteiger partial charge in [0.05, 0.1) is 37.0 Å². The zero-order valence-corrected chi connectivity index (χ0v) is 29.7. The lowest BCUT2D eigenvalue weighted by atomic mass is 9.52. The Labute approximate surface area is 295 Å². The molecule has 0 aromatic carbocycles. The fourth-order valence-electron chi connectivity index (χ4n) is 11.5. The number of Topliss-reactive ketones (excluding diaryl/α,β-unsaturated/α-hetero) is 2. The van der Waals surface area contributed by atoms with Crippen LogP contribution in [0.5, 0.6) is 0 Å². The molecule has 13 unspecified atom stereocenters. The van der Waals surface area contributed by atoms with E-state index in [1.54, 1.807) is 22.9 Å². The third-order valence-corrected chi connectivity index (χ3v) is 16.1. The minimum Gasteiger partial charge on any atom is -0.511 e. The average Bonchev–Trinajstić information content (AvgIpc) is 3.59. The van der Waals surface area contributed by atoms with Crippen LogP contribution in [0.4, 0.5) is 0 Å². The number of carbonyl (C=O) groups excluding carboxylic acids is 2. The Kier molecular flexibility index (Phi) is 9.02. The summed E-state index contributed by atoms with van der Waals surface area (Å²) in [6, 6.07) is 0. The minimum absolute atomic E-state index is 0.0908. The molecule has 0 aromatic heterocycles. The standard InChI is InChI=1S/C36H50N2O9S2/c1-19-13-22-28(41)21-5-4-6-23-27(21)29(42)35(22,25(40)14-19)17-48-49-18-38-26-15-20(8-12-37-26)33(9-2-3-10-33)24-7-11-34(16-39)32(44)36(24,45)30(43)31(46-23)47-34/h7,11,13-14,20-24,26-27,30-32,37-40,43-45H,2-6,8-10,12,15-18H2,1H3/p+1. The number of aliphatic hydroxyl groups is 5. The van der Waals surface area contributed by atoms with E-state index >= 15 is 0 Å². The van der Waals surface area contributed by atoms with Gasteiger partial charge in [0.1, 0.15) is 46.5 Å². The summed E-state index contributed by atoms with van der Waals surface area (Å²) in [6.45, 7) is 2.07. The Morgan fingerprint density at radius 3 is 2.67 bits per heavy atom. The molecule has 270 valence electrons. The molecule has 3 heterocycles. The second kappa shape index (κ2) is 12.7. The zero-order chi connectivity index (χ0) is 34.3. The number of hydrogen-bond acceptors (Lipinski definition) is 12. The number of aliphatic hydroxyl groups excluding tert-OH is 4. The molecule has 13 heteroatoms. The van der Waals surface area contributed by atoms with Crippen LogP contribution in [0.1, 0.15) is 64.7 Å². The Balaban J connectivity index is 1.23. The lowest BCUT2D eigenvalue weighted by Crippen LogP contribution is -2.95. The van der Waals surface area contributed by atoms with Gasteiger partial charge in [-0.2, -0.15) is 0 Å². The van der Waals surface area contributed by atoms with Gasteiger partial charge in [-0.1, -0.05) is 64.7 Å². The second-order valence-electron chi connectivity index (χ2n) is 16.1. The van der Waals surface area contributed by atoms with E-state index in [-0.39, 0.29) is 35.2 Å². The maximum atomic E-state index is 14.9. The highest BCUT2D eigenvalue weighted by Gasteiger charge is 2.71. The Hall–Kier alpha value is -1.26. The van der Waals surface area contributed by atoms with Crippen LogP contribution in [-0.4, -0.2) is 104 Å². The molecule has 8 aliphatic rings. The van der Waals surface area contributed by atoms with Crippen molar-refractivity contribution in [1.82, 2.24) is 5.32 Å². The molecule has 8 rings (SSSR count). The number of nitrogens with two attached hydrogens (primary N) is 1. The lowest BCUT2D eigenvalue weighted by Gasteiger charge is -2.62. The van der Waals surface area contributed by atoms with Crippen LogP contribution in [0, 0.1) is 40.4 Å². The quantitative estimate of drug-likeness (QED) is 0.153. The van der Waals surface area contributed by atoms with Crippen LogP contribution in [-0.2, 0) is 19.1 Å². The molecule has 2 spiro atoms. The van der Waals surface area contributed by atoms with E-state index in [4.69, 9.17) is 9.47 Å². The predicted molar refractivity (Wildman–Crippen MR) is 183 cm³/mol. The first kappa shape index (κ1) is 34.8. The number of hydrogen-bond donors (Lipinski definition) is 7. The van der Waals surface area contributed by atoms with Gasteiger partial charge in [-0.05, 0) is 50.0 Å². The van der Waals surface area contributed by atoms with Crippen molar-refractivity contribution in [2.45, 2.75) is 107 Å². The summed E-state index contributed by atoms with van der Waals surface area (Å²) in [4.78, 5) is 29.3. The first-order valence-corrected chi connectivity index (χ1v) is 20.7. The zero-order valence-electron chi connectivity index (χ0n) is 28.0. The summed E-state index contributed by atoms with van der Waals surface area (Å²) >= 11 is 0. The number of allylic oxidation sites excluding steroid dienone is 4. The van der Waals surface area contributed by atoms with Gasteiger partial charge in [0, 0.05) is 30.4 Å². The van der Waals surface area contributed by atoms with Crippen molar-refractivity contribution in [2.24, 2.45) is 40.4 Å². The monoisotopic (exact) mass is 719 g/mol. The molecule has 3 saturated carbocycles. The highest BCUT2D eigenvalue weighted by molar-refractivity contribution is 8.76. The average molecular weight is 720 g/mol. The van der Waals surface area contributed by atoms with E-state index in [9.17, 15) is 35.1 Å². The van der Waals surface area contributed by atoms with Crippen molar-refractivity contribution in [1.29, 1.82) is 0 Å². The summed E-state index contributed by atoms with van der Waals surface area (Å²) in [6.07, 6.45) is 8.39. The first-order chi connectivity index (χ1) is 23.5. The molecule has 8 N–H and O–H groups in total. The van der Waals surface area contributed by atoms with Crippen molar-refractivity contribution in [3.05, 3.63) is 35.6 Å². The molecule has 3 saturated heterocycles. The van der Waals surface area contributed by atoms with E-state index in [1.807, 2.05) is 19.1 Å². The van der Waals surface area contributed by atoms with Gasteiger partial charge >= 0.3 is 0 Å². The highest BCUT2D eigenvalue weighted by atomic mass is 33.1. The predicted octanol–water partition coefficient (Wildman–Crippen LogP) is 1.47. The van der Waals surface area contributed by atoms with Crippen LogP contribution < -0.4 is 10.6 Å². The summed E-state index contributed by atoms with van der Waals surface area (Å²) in [7, 11) is 3.08. The van der Waals surface area contributed by atoms with Crippen molar-refractivity contribution < 1.29 is 49.9 Å². The maximum Gasteiger partial charge on any atom is 0.188 e. The lowest BCUT2D eigenvalue weighted by molar-refractivity contribution is -0.705. The van der Waals surface area contributed by atoms with E-state index in [2.05, 4.69) is 10.6 Å². The molecule has 3 aliphatic heterocycles. The Morgan fingerprint density at radius 2 is 1.90 bits per heavy atom. The SMILES string of the molecule is CC1=CC2C(=O)C3CCCC4OC5OC6(CO)C=CC(C7(CCCC7)C7CC[NH2+]C(C7)NCSSCC2(C(=O)C43)C(O)=C1)C(O)(C5O)C6O. The number of fused-ring (bicyclic) bond motifs is 6. The van der Waals surface area contributed by atoms with Crippen molar-refractivity contribution >= 4 is 33.2 Å². The smallest absolute Gasteiger partial charge is 0.188 e. The molecular formula is C36H51N2O9S2+. The van der Waals surface area contributed by atoms with Gasteiger partial charge in [0.25, 0.3) is 0 Å². The molecular weight excluding hydrogens is 669 g/mol. The summed E-state index contributed by atoms with van der Waals surface area (Å²) in [5.74, 6) is -2.35. The van der Waals surface area contributed by atoms with Crippen LogP contribution in [0.2, 0.25) is 0 Å². The van der Waals surface area contributed by atoms with Crippen LogP contribution in [0.15, 0.2) is 35.6 Å². The molecule has 0 radical (unpaired) electrons. The summed E-state index contributed by atoms with van der Waals surface area (Å²) in [5.41, 5.74) is -4.93. The number of piperidine rings is 1. The Bertz CT molecular complexity index is 1450. The fraction of sp³-hybridized carbons (Fsp3) is 0.778. The minimum atomic E-state index is -2.10. The highest BCUT2D eigenvalue weighted by Crippen LogP contribution is 2.61. The van der Waals surface area contributed by atoms with Crippen molar-refractivity contribution in [2.75, 3.05) is 24.8 Å². The Morgan fingerprint density at radius 1 is 1.10 bits per heavy atom. The maximum absolute atomic E-state index is 14.9. The van der Waals surface area contributed by atoms with Gasteiger partial charge in [-0.15, -0.1) is 0 Å². The largest absolute Gasteiger partial charge is 0.511 e. The van der Waals surface area contributed by atoms with Crippen LogP contribution in [0.25, 0.3) is 0 Å². The molecule has 11 nitrogen and oxygen atoms in total. The topological polar surface area (TPSA) is 182 Å². The van der Waals surface area contributed by atoms with E-state index in [0.29, 0.717) is 25.1 Å². The normalized spacial score (nSPS) is 49.5. The van der Waals surface area contributed by atoms with Gasteiger partial charge in [-0.25, -0.2) is 0 Å². The molecule has 49 heavy (non-hydrogen) atoms. The van der Waals surface area contributed by atoms with E-state index in [1.165, 1.54) is 10.8 Å². The van der Waals surface area contributed by atoms with Crippen LogP contribution in [0.3, 0.4) is 0 Å². The van der Waals surface area contributed by atoms with Gasteiger partial charge in [-0.3, -0.25) is 14.9 Å². The second-order valence-corrected chi connectivity index (χ2v) is 18.5. The number of quaternary nitrogens is 1. The third kappa shape index (κ3) is 5.00. The van der Waals surface area contributed by atoms with E-state index in [0.717, 1.165) is 50.6 Å². The molecule has 13 atom stereocenters. The number of nitrogens with one attached hydrogen (secondary N) is 1. The third-order valence-electron chi connectivity index (χ3n) is 13.9. The first-order valence-electron chi connectivity index (χ1n) is 18.2. The molecule has 0 aromatic rings. The van der Waals surface area contributed by atoms with Gasteiger partial charge in [0.2, 0.25) is 0 Å². The number of rotatable bonds is 1. The van der Waals surface area contributed by atoms with Crippen molar-refractivity contribution in [3.63, 3.8) is 0 Å².